The molecule has 0 amide bonds. The van der Waals surface area contributed by atoms with Crippen LogP contribution in [0.2, 0.25) is 0 Å². The number of nitrogens with zero attached hydrogens (tertiary/aromatic N) is 13. The van der Waals surface area contributed by atoms with Crippen molar-refractivity contribution in [3.8, 4) is 45.6 Å². The van der Waals surface area contributed by atoms with Crippen LogP contribution in [0.4, 0.5) is 24.8 Å². The van der Waals surface area contributed by atoms with Crippen molar-refractivity contribution in [2.45, 2.75) is 51.9 Å². The van der Waals surface area contributed by atoms with Crippen molar-refractivity contribution in [1.82, 2.24) is 75.0 Å². The normalized spacial score (nSPS) is 15.0. The highest BCUT2D eigenvalue weighted by atomic mass is 19.3. The van der Waals surface area contributed by atoms with Gasteiger partial charge in [0.1, 0.15) is 28.2 Å². The van der Waals surface area contributed by atoms with Crippen molar-refractivity contribution in [3.63, 3.8) is 0 Å². The monoisotopic (exact) mass is 879 g/mol. The Labute approximate surface area is 369 Å². The van der Waals surface area contributed by atoms with Crippen molar-refractivity contribution in [2.24, 2.45) is 7.05 Å². The summed E-state index contributed by atoms with van der Waals surface area (Å²) in [6.45, 7) is 6.48. The maximum Gasteiger partial charge on any atom is 0.251 e. The van der Waals surface area contributed by atoms with Crippen LogP contribution in [0.5, 0.6) is 0 Å². The van der Waals surface area contributed by atoms with Crippen LogP contribution in [-0.2, 0) is 7.05 Å². The zero-order valence-corrected chi connectivity index (χ0v) is 35.8. The highest BCUT2D eigenvalue weighted by molar-refractivity contribution is 5.97. The summed E-state index contributed by atoms with van der Waals surface area (Å²) >= 11 is 0. The van der Waals surface area contributed by atoms with Crippen LogP contribution in [0.25, 0.3) is 89.4 Å². The van der Waals surface area contributed by atoms with Gasteiger partial charge in [0.25, 0.3) is 5.92 Å². The third-order valence-corrected chi connectivity index (χ3v) is 11.6. The molecule has 20 heteroatoms. The maximum atomic E-state index is 13.6. The Morgan fingerprint density at radius 2 is 1.17 bits per heavy atom. The Morgan fingerprint density at radius 3 is 1.71 bits per heavy atom. The Bertz CT molecular complexity index is 3270. The van der Waals surface area contributed by atoms with Crippen molar-refractivity contribution >= 4 is 55.5 Å². The molecule has 0 atom stereocenters. The minimum Gasteiger partial charge on any atom is -0.355 e. The minimum absolute atomic E-state index is 0.211. The fraction of sp³-hybridized carbons (Fsp3) is 0.289. The van der Waals surface area contributed by atoms with Gasteiger partial charge in [0, 0.05) is 92.8 Å². The van der Waals surface area contributed by atoms with Gasteiger partial charge in [-0.3, -0.25) is 29.8 Å². The summed E-state index contributed by atoms with van der Waals surface area (Å²) < 4.78 is 42.6. The molecule has 12 heterocycles. The van der Waals surface area contributed by atoms with E-state index in [9.17, 15) is 13.2 Å². The number of H-pyrrole nitrogens is 4. The van der Waals surface area contributed by atoms with Crippen LogP contribution < -0.4 is 9.80 Å². The van der Waals surface area contributed by atoms with E-state index in [4.69, 9.17) is 9.97 Å². The highest BCUT2D eigenvalue weighted by Crippen LogP contribution is 2.35. The number of imidazole rings is 2. The molecule has 2 fully saturated rings. The molecule has 2 saturated heterocycles. The third-order valence-electron chi connectivity index (χ3n) is 11.6. The molecular weight excluding hydrogens is 836 g/mol. The van der Waals surface area contributed by atoms with E-state index in [1.165, 1.54) is 31.5 Å². The summed E-state index contributed by atoms with van der Waals surface area (Å²) in [7, 11) is 1.90. The number of nitrogens with one attached hydrogen (secondary N) is 4. The minimum atomic E-state index is -2.64. The first kappa shape index (κ1) is 41.3. The van der Waals surface area contributed by atoms with E-state index in [0.29, 0.717) is 39.6 Å². The van der Waals surface area contributed by atoms with Gasteiger partial charge in [-0.15, -0.1) is 0 Å². The molecule has 12 rings (SSSR count). The summed E-state index contributed by atoms with van der Waals surface area (Å²) in [6, 6.07) is 8.94. The smallest absolute Gasteiger partial charge is 0.251 e. The predicted molar refractivity (Wildman–Crippen MR) is 243 cm³/mol. The van der Waals surface area contributed by atoms with Crippen LogP contribution in [-0.4, -0.2) is 107 Å². The van der Waals surface area contributed by atoms with Crippen molar-refractivity contribution in [3.05, 3.63) is 85.7 Å². The number of aromatic nitrogens is 15. The molecule has 2 aliphatic heterocycles. The maximum absolute atomic E-state index is 13.6. The van der Waals surface area contributed by atoms with Crippen LogP contribution in [0.1, 0.15) is 46.0 Å². The quantitative estimate of drug-likeness (QED) is 0.124. The Hall–Kier alpha value is -7.77. The molecule has 2 aliphatic rings. The number of hydrogen-bond donors (Lipinski definition) is 4. The highest BCUT2D eigenvalue weighted by Gasteiger charge is 2.35. The zero-order valence-electron chi connectivity index (χ0n) is 35.8. The first-order valence-electron chi connectivity index (χ1n) is 21.6. The fourth-order valence-electron chi connectivity index (χ4n) is 8.30. The van der Waals surface area contributed by atoms with Gasteiger partial charge in [-0.25, -0.2) is 33.1 Å². The molecule has 0 saturated carbocycles. The van der Waals surface area contributed by atoms with E-state index in [1.807, 2.05) is 56.5 Å². The molecule has 0 aromatic carbocycles. The second kappa shape index (κ2) is 17.1. The average molecular weight is 880 g/mol. The summed E-state index contributed by atoms with van der Waals surface area (Å²) in [5.74, 6) is -0.341. The molecule has 4 N–H and O–H groups in total. The molecule has 0 spiro atoms. The van der Waals surface area contributed by atoms with Gasteiger partial charge in [-0.1, -0.05) is 13.8 Å². The van der Waals surface area contributed by atoms with Crippen LogP contribution in [0.15, 0.2) is 79.9 Å². The van der Waals surface area contributed by atoms with Gasteiger partial charge in [0.2, 0.25) is 0 Å². The van der Waals surface area contributed by atoms with Gasteiger partial charge >= 0.3 is 0 Å². The van der Waals surface area contributed by atoms with E-state index in [2.05, 4.69) is 65.3 Å². The summed E-state index contributed by atoms with van der Waals surface area (Å²) in [5.41, 5.74) is 8.99. The van der Waals surface area contributed by atoms with Gasteiger partial charge in [-0.05, 0) is 49.6 Å². The number of halogens is 3. The Morgan fingerprint density at radius 1 is 0.615 bits per heavy atom. The molecule has 0 unspecified atom stereocenters. The summed E-state index contributed by atoms with van der Waals surface area (Å²) in [5, 5.41) is 20.9. The topological polar surface area (TPSA) is 203 Å². The van der Waals surface area contributed by atoms with Gasteiger partial charge in [-0.2, -0.15) is 15.3 Å². The second-order valence-electron chi connectivity index (χ2n) is 15.8. The third kappa shape index (κ3) is 8.06. The Kier molecular flexibility index (Phi) is 10.8. The molecule has 10 aromatic rings. The van der Waals surface area contributed by atoms with Crippen molar-refractivity contribution in [2.75, 3.05) is 36.0 Å². The van der Waals surface area contributed by atoms with Crippen LogP contribution in [0.3, 0.4) is 0 Å². The molecular formula is C45H44F3N17. The average Bonchev–Trinajstić information content (AvgIpc) is 4.19. The van der Waals surface area contributed by atoms with E-state index >= 15 is 0 Å². The number of rotatable bonds is 6. The van der Waals surface area contributed by atoms with Crippen LogP contribution >= 0.6 is 0 Å². The molecule has 0 radical (unpaired) electrons. The standard InChI is InChI=1S/C22H17F3N8.C21H21N9.C2H6/c23-13-7-12(9-26-10-13)16-8-14-17(11-28-16)31-32-18(14)20-29-15-1-4-27-21(19(15)30-20)33-5-2-22(24,25)3-6-33;1-29-12-13(10-24-29)16-9-14-17(11-23-16)27-28-18(14)20-25-15-5-6-22-21(19(15)26-20)30-7-3-2-4-8-30;1-2/h1,4,7-11H,2-3,5-6H2,(H,29,30)(H,31,32);5-6,9-12H,2-4,7-8H2,1H3,(H,25,26)(H,27,28);1-2H3. The SMILES string of the molecule is CC.Cn1cc(-c2cc3c(-c4nc5c(N6CCCCC6)nccc5[nH]4)n[nH]c3cn2)cn1.Fc1cncc(-c2cc3c(-c4nc5c(N6CCC(F)(F)CC6)nccc5[nH]4)n[nH]c3cn2)c1. The lowest BCUT2D eigenvalue weighted by atomic mass is 10.1. The largest absolute Gasteiger partial charge is 0.355 e. The van der Waals surface area contributed by atoms with E-state index < -0.39 is 11.7 Å². The molecule has 10 aromatic heterocycles. The molecule has 0 bridgehead atoms. The number of aryl methyl sites for hydroxylation is 1. The van der Waals surface area contributed by atoms with Gasteiger partial charge < -0.3 is 19.8 Å². The first-order valence-corrected chi connectivity index (χ1v) is 21.6. The summed E-state index contributed by atoms with van der Waals surface area (Å²) in [6.07, 6.45) is 16.6. The Balaban J connectivity index is 0.000000148. The van der Waals surface area contributed by atoms with Crippen molar-refractivity contribution < 1.29 is 13.2 Å². The van der Waals surface area contributed by atoms with E-state index in [-0.39, 0.29) is 25.9 Å². The number of aromatic amines is 4. The number of anilines is 2. The second-order valence-corrected chi connectivity index (χ2v) is 15.8. The van der Waals surface area contributed by atoms with E-state index in [0.717, 1.165) is 80.7 Å². The number of pyridine rings is 5. The van der Waals surface area contributed by atoms with Crippen LogP contribution in [0, 0.1) is 5.82 Å². The fourth-order valence-corrected chi connectivity index (χ4v) is 8.30. The van der Waals surface area contributed by atoms with Gasteiger partial charge in [0.15, 0.2) is 23.3 Å². The number of piperidine rings is 2. The lowest BCUT2D eigenvalue weighted by molar-refractivity contribution is -0.0221. The summed E-state index contributed by atoms with van der Waals surface area (Å²) in [4.78, 5) is 42.3. The zero-order chi connectivity index (χ0) is 44.7. The lowest BCUT2D eigenvalue weighted by Gasteiger charge is -2.32. The molecule has 65 heavy (non-hydrogen) atoms. The lowest BCUT2D eigenvalue weighted by Crippen LogP contribution is -2.39. The van der Waals surface area contributed by atoms with Crippen molar-refractivity contribution in [1.29, 1.82) is 0 Å². The first-order chi connectivity index (χ1) is 31.7. The van der Waals surface area contributed by atoms with Gasteiger partial charge in [0.05, 0.1) is 58.2 Å². The number of alkyl halides is 2. The number of fused-ring (bicyclic) bond motifs is 4. The predicted octanol–water partition coefficient (Wildman–Crippen LogP) is 8.65. The molecule has 0 aliphatic carbocycles. The molecule has 17 nitrogen and oxygen atoms in total. The molecule has 330 valence electrons. The number of hydrogen-bond acceptors (Lipinski definition) is 12. The van der Waals surface area contributed by atoms with E-state index in [1.54, 1.807) is 35.4 Å².